The van der Waals surface area contributed by atoms with Crippen LogP contribution in [0.25, 0.3) is 0 Å². The zero-order chi connectivity index (χ0) is 10.2. The summed E-state index contributed by atoms with van der Waals surface area (Å²) in [6.45, 7) is 6.00. The van der Waals surface area contributed by atoms with Crippen LogP contribution in [0.5, 0.6) is 0 Å². The predicted molar refractivity (Wildman–Crippen MR) is 55.3 cm³/mol. The number of piperazine rings is 1. The molecule has 1 N–H and O–H groups in total. The lowest BCUT2D eigenvalue weighted by atomic mass is 10.3. The zero-order valence-electron chi connectivity index (χ0n) is 8.92. The van der Waals surface area contributed by atoms with E-state index in [0.717, 1.165) is 45.4 Å². The maximum absolute atomic E-state index is 11.4. The van der Waals surface area contributed by atoms with Crippen LogP contribution in [0.2, 0.25) is 0 Å². The summed E-state index contributed by atoms with van der Waals surface area (Å²) in [4.78, 5) is 13.2. The van der Waals surface area contributed by atoms with Crippen molar-refractivity contribution in [2.24, 2.45) is 0 Å². The first-order chi connectivity index (χ1) is 6.84. The summed E-state index contributed by atoms with van der Waals surface area (Å²) >= 11 is 0. The SMILES string of the molecule is CCCCCOC(=O)N1CCNCC1. The van der Waals surface area contributed by atoms with Gasteiger partial charge in [-0.05, 0) is 6.42 Å². The van der Waals surface area contributed by atoms with Crippen molar-refractivity contribution in [2.45, 2.75) is 26.2 Å². The van der Waals surface area contributed by atoms with Crippen molar-refractivity contribution in [1.29, 1.82) is 0 Å². The van der Waals surface area contributed by atoms with Gasteiger partial charge in [0.05, 0.1) is 6.61 Å². The van der Waals surface area contributed by atoms with Gasteiger partial charge in [0, 0.05) is 26.2 Å². The van der Waals surface area contributed by atoms with E-state index in [9.17, 15) is 4.79 Å². The molecule has 0 spiro atoms. The molecule has 1 amide bonds. The highest BCUT2D eigenvalue weighted by Gasteiger charge is 2.16. The van der Waals surface area contributed by atoms with Crippen LogP contribution >= 0.6 is 0 Å². The van der Waals surface area contributed by atoms with Gasteiger partial charge in [0.25, 0.3) is 0 Å². The number of carbonyl (C=O) groups is 1. The van der Waals surface area contributed by atoms with Gasteiger partial charge in [0.2, 0.25) is 0 Å². The Labute approximate surface area is 85.6 Å². The number of amides is 1. The summed E-state index contributed by atoms with van der Waals surface area (Å²) in [5.74, 6) is 0. The summed E-state index contributed by atoms with van der Waals surface area (Å²) in [5, 5.41) is 3.20. The van der Waals surface area contributed by atoms with Crippen molar-refractivity contribution in [3.63, 3.8) is 0 Å². The number of nitrogens with one attached hydrogen (secondary N) is 1. The smallest absolute Gasteiger partial charge is 0.409 e. The van der Waals surface area contributed by atoms with E-state index in [-0.39, 0.29) is 6.09 Å². The molecule has 0 atom stereocenters. The van der Waals surface area contributed by atoms with Gasteiger partial charge in [0.1, 0.15) is 0 Å². The van der Waals surface area contributed by atoms with E-state index < -0.39 is 0 Å². The standard InChI is InChI=1S/C10H20N2O2/c1-2-3-4-9-14-10(13)12-7-5-11-6-8-12/h11H,2-9H2,1H3. The molecular weight excluding hydrogens is 180 g/mol. The second-order valence-corrected chi connectivity index (χ2v) is 3.56. The van der Waals surface area contributed by atoms with Crippen molar-refractivity contribution in [1.82, 2.24) is 10.2 Å². The van der Waals surface area contributed by atoms with Crippen molar-refractivity contribution in [3.8, 4) is 0 Å². The molecule has 0 aromatic heterocycles. The highest BCUT2D eigenvalue weighted by atomic mass is 16.6. The minimum atomic E-state index is -0.150. The minimum Gasteiger partial charge on any atom is -0.449 e. The van der Waals surface area contributed by atoms with Gasteiger partial charge in [-0.25, -0.2) is 4.79 Å². The largest absolute Gasteiger partial charge is 0.449 e. The Morgan fingerprint density at radius 3 is 2.71 bits per heavy atom. The van der Waals surface area contributed by atoms with E-state index in [1.165, 1.54) is 0 Å². The van der Waals surface area contributed by atoms with Crippen LogP contribution in [0.1, 0.15) is 26.2 Å². The molecule has 0 unspecified atom stereocenters. The van der Waals surface area contributed by atoms with Gasteiger partial charge in [-0.1, -0.05) is 19.8 Å². The summed E-state index contributed by atoms with van der Waals surface area (Å²) in [7, 11) is 0. The van der Waals surface area contributed by atoms with Crippen LogP contribution < -0.4 is 5.32 Å². The summed E-state index contributed by atoms with van der Waals surface area (Å²) in [6, 6.07) is 0. The van der Waals surface area contributed by atoms with Crippen LogP contribution in [0, 0.1) is 0 Å². The van der Waals surface area contributed by atoms with Gasteiger partial charge in [-0.2, -0.15) is 0 Å². The van der Waals surface area contributed by atoms with Gasteiger partial charge >= 0.3 is 6.09 Å². The van der Waals surface area contributed by atoms with Crippen molar-refractivity contribution in [2.75, 3.05) is 32.8 Å². The number of carbonyl (C=O) groups excluding carboxylic acids is 1. The van der Waals surface area contributed by atoms with E-state index >= 15 is 0 Å². The molecule has 1 saturated heterocycles. The van der Waals surface area contributed by atoms with Crippen LogP contribution in [0.4, 0.5) is 4.79 Å². The van der Waals surface area contributed by atoms with Crippen molar-refractivity contribution >= 4 is 6.09 Å². The molecule has 1 heterocycles. The Kier molecular flexibility index (Phi) is 5.37. The Bertz CT molecular complexity index is 168. The third-order valence-electron chi connectivity index (χ3n) is 2.35. The lowest BCUT2D eigenvalue weighted by Gasteiger charge is -2.26. The third-order valence-corrected chi connectivity index (χ3v) is 2.35. The highest BCUT2D eigenvalue weighted by Crippen LogP contribution is 1.99. The molecule has 14 heavy (non-hydrogen) atoms. The number of unbranched alkanes of at least 4 members (excludes halogenated alkanes) is 2. The molecule has 1 aliphatic heterocycles. The molecule has 82 valence electrons. The number of nitrogens with zero attached hydrogens (tertiary/aromatic N) is 1. The van der Waals surface area contributed by atoms with E-state index in [0.29, 0.717) is 6.61 Å². The Balaban J connectivity index is 2.07. The number of rotatable bonds is 4. The van der Waals surface area contributed by atoms with Crippen LogP contribution in [-0.4, -0.2) is 43.8 Å². The van der Waals surface area contributed by atoms with E-state index in [1.807, 2.05) is 0 Å². The number of ether oxygens (including phenoxy) is 1. The fourth-order valence-corrected chi connectivity index (χ4v) is 1.45. The van der Waals surface area contributed by atoms with Crippen LogP contribution in [-0.2, 0) is 4.74 Å². The third kappa shape index (κ3) is 3.96. The molecule has 1 aliphatic rings. The molecule has 0 saturated carbocycles. The van der Waals surface area contributed by atoms with Gasteiger partial charge < -0.3 is 15.0 Å². The van der Waals surface area contributed by atoms with E-state index in [1.54, 1.807) is 4.90 Å². The Morgan fingerprint density at radius 1 is 1.36 bits per heavy atom. The first kappa shape index (κ1) is 11.3. The normalized spacial score (nSPS) is 16.8. The average molecular weight is 200 g/mol. The Hall–Kier alpha value is -0.770. The fourth-order valence-electron chi connectivity index (χ4n) is 1.45. The number of hydrogen-bond donors (Lipinski definition) is 1. The molecule has 0 aromatic rings. The summed E-state index contributed by atoms with van der Waals surface area (Å²) < 4.78 is 5.14. The van der Waals surface area contributed by atoms with Crippen molar-refractivity contribution < 1.29 is 9.53 Å². The van der Waals surface area contributed by atoms with E-state index in [2.05, 4.69) is 12.2 Å². The quantitative estimate of drug-likeness (QED) is 0.694. The summed E-state index contributed by atoms with van der Waals surface area (Å²) in [5.41, 5.74) is 0. The summed E-state index contributed by atoms with van der Waals surface area (Å²) in [6.07, 6.45) is 3.12. The first-order valence-corrected chi connectivity index (χ1v) is 5.47. The van der Waals surface area contributed by atoms with Gasteiger partial charge in [-0.15, -0.1) is 0 Å². The maximum Gasteiger partial charge on any atom is 0.409 e. The molecule has 0 radical (unpaired) electrons. The molecule has 1 fully saturated rings. The van der Waals surface area contributed by atoms with Crippen molar-refractivity contribution in [3.05, 3.63) is 0 Å². The molecule has 1 rings (SSSR count). The molecule has 0 aliphatic carbocycles. The molecular formula is C10H20N2O2. The van der Waals surface area contributed by atoms with Gasteiger partial charge in [0.15, 0.2) is 0 Å². The molecule has 0 aromatic carbocycles. The fraction of sp³-hybridized carbons (Fsp3) is 0.900. The first-order valence-electron chi connectivity index (χ1n) is 5.47. The monoisotopic (exact) mass is 200 g/mol. The van der Waals surface area contributed by atoms with Crippen LogP contribution in [0.15, 0.2) is 0 Å². The topological polar surface area (TPSA) is 41.6 Å². The lowest BCUT2D eigenvalue weighted by molar-refractivity contribution is 0.0962. The highest BCUT2D eigenvalue weighted by molar-refractivity contribution is 5.67. The lowest BCUT2D eigenvalue weighted by Crippen LogP contribution is -2.46. The molecule has 0 bridgehead atoms. The van der Waals surface area contributed by atoms with Crippen LogP contribution in [0.3, 0.4) is 0 Å². The van der Waals surface area contributed by atoms with Gasteiger partial charge in [-0.3, -0.25) is 0 Å². The maximum atomic E-state index is 11.4. The predicted octanol–water partition coefficient (Wildman–Crippen LogP) is 1.22. The van der Waals surface area contributed by atoms with E-state index in [4.69, 9.17) is 4.74 Å². The second-order valence-electron chi connectivity index (χ2n) is 3.56. The minimum absolute atomic E-state index is 0.150. The number of hydrogen-bond acceptors (Lipinski definition) is 3. The Morgan fingerprint density at radius 2 is 2.07 bits per heavy atom. The zero-order valence-corrected chi connectivity index (χ0v) is 8.92. The average Bonchev–Trinajstić information content (AvgIpc) is 2.25. The second kappa shape index (κ2) is 6.65. The molecule has 4 nitrogen and oxygen atoms in total. The molecule has 4 heteroatoms.